The van der Waals surface area contributed by atoms with E-state index in [4.69, 9.17) is 4.74 Å². The highest BCUT2D eigenvalue weighted by molar-refractivity contribution is 7.09. The van der Waals surface area contributed by atoms with Gasteiger partial charge in [-0.1, -0.05) is 6.07 Å². The summed E-state index contributed by atoms with van der Waals surface area (Å²) in [5.74, 6) is -0.532. The first-order valence-electron chi connectivity index (χ1n) is 4.29. The first-order chi connectivity index (χ1) is 6.59. The molecule has 0 aliphatic heterocycles. The highest BCUT2D eigenvalue weighted by Crippen LogP contribution is 2.13. The number of Topliss-reactive ketones (excluding diaryl/α,β-unsaturated/α-hetero) is 1. The van der Waals surface area contributed by atoms with Crippen LogP contribution in [-0.2, 0) is 20.7 Å². The zero-order chi connectivity index (χ0) is 10.6. The van der Waals surface area contributed by atoms with E-state index >= 15 is 0 Å². The van der Waals surface area contributed by atoms with Crippen LogP contribution in [0.1, 0.15) is 18.7 Å². The van der Waals surface area contributed by atoms with Crippen LogP contribution in [0.5, 0.6) is 0 Å². The molecule has 76 valence electrons. The van der Waals surface area contributed by atoms with Gasteiger partial charge in [-0.25, -0.2) is 0 Å². The van der Waals surface area contributed by atoms with E-state index in [9.17, 15) is 9.59 Å². The average Bonchev–Trinajstić information content (AvgIpc) is 2.54. The van der Waals surface area contributed by atoms with E-state index in [0.29, 0.717) is 6.42 Å². The number of ether oxygens (including phenoxy) is 1. The van der Waals surface area contributed by atoms with Gasteiger partial charge in [0.05, 0.1) is 0 Å². The van der Waals surface area contributed by atoms with E-state index in [1.807, 2.05) is 17.5 Å². The molecule has 0 aromatic carbocycles. The zero-order valence-corrected chi connectivity index (χ0v) is 8.97. The summed E-state index contributed by atoms with van der Waals surface area (Å²) >= 11 is 1.55. The third-order valence-electron chi connectivity index (χ3n) is 1.73. The SMILES string of the molecule is CC(=O)OC(Cc1cccs1)C(C)=O. The Balaban J connectivity index is 2.60. The number of ketones is 1. The molecule has 1 aromatic heterocycles. The molecule has 0 spiro atoms. The molecule has 1 atom stereocenters. The fourth-order valence-corrected chi connectivity index (χ4v) is 1.82. The number of carbonyl (C=O) groups is 2. The Morgan fingerprint density at radius 3 is 2.64 bits per heavy atom. The van der Waals surface area contributed by atoms with Crippen molar-refractivity contribution in [2.24, 2.45) is 0 Å². The highest BCUT2D eigenvalue weighted by atomic mass is 32.1. The number of thiophene rings is 1. The van der Waals surface area contributed by atoms with Crippen LogP contribution in [-0.4, -0.2) is 17.9 Å². The number of rotatable bonds is 4. The van der Waals surface area contributed by atoms with Gasteiger partial charge in [-0.15, -0.1) is 11.3 Å². The lowest BCUT2D eigenvalue weighted by Crippen LogP contribution is -2.26. The molecule has 0 bridgehead atoms. The van der Waals surface area contributed by atoms with Crippen molar-refractivity contribution >= 4 is 23.1 Å². The van der Waals surface area contributed by atoms with Crippen molar-refractivity contribution < 1.29 is 14.3 Å². The summed E-state index contributed by atoms with van der Waals surface area (Å²) in [6.45, 7) is 2.74. The third-order valence-corrected chi connectivity index (χ3v) is 2.63. The third kappa shape index (κ3) is 3.30. The van der Waals surface area contributed by atoms with E-state index in [1.165, 1.54) is 13.8 Å². The van der Waals surface area contributed by atoms with Crippen molar-refractivity contribution in [1.82, 2.24) is 0 Å². The van der Waals surface area contributed by atoms with Crippen molar-refractivity contribution in [3.05, 3.63) is 22.4 Å². The van der Waals surface area contributed by atoms with Crippen molar-refractivity contribution in [1.29, 1.82) is 0 Å². The van der Waals surface area contributed by atoms with Crippen LogP contribution in [0.3, 0.4) is 0 Å². The van der Waals surface area contributed by atoms with Crippen molar-refractivity contribution in [2.45, 2.75) is 26.4 Å². The lowest BCUT2D eigenvalue weighted by molar-refractivity contribution is -0.152. The normalized spacial score (nSPS) is 12.1. The second-order valence-corrected chi connectivity index (χ2v) is 4.02. The molecule has 0 N–H and O–H groups in total. The molecule has 1 rings (SSSR count). The maximum Gasteiger partial charge on any atom is 0.303 e. The Morgan fingerprint density at radius 2 is 2.21 bits per heavy atom. The second-order valence-electron chi connectivity index (χ2n) is 2.99. The van der Waals surface area contributed by atoms with Crippen molar-refractivity contribution in [2.75, 3.05) is 0 Å². The van der Waals surface area contributed by atoms with Gasteiger partial charge < -0.3 is 4.74 Å². The first kappa shape index (κ1) is 10.9. The standard InChI is InChI=1S/C10H12O3S/c1-7(11)10(13-8(2)12)6-9-4-3-5-14-9/h3-5,10H,6H2,1-2H3. The molecule has 0 radical (unpaired) electrons. The minimum atomic E-state index is -0.633. The van der Waals surface area contributed by atoms with Gasteiger partial charge >= 0.3 is 5.97 Å². The fraction of sp³-hybridized carbons (Fsp3) is 0.400. The molecule has 3 nitrogen and oxygen atoms in total. The predicted octanol–water partition coefficient (Wildman–Crippen LogP) is 1.81. The number of carbonyl (C=O) groups excluding carboxylic acids is 2. The van der Waals surface area contributed by atoms with Crippen LogP contribution in [0.2, 0.25) is 0 Å². The lowest BCUT2D eigenvalue weighted by Gasteiger charge is -2.12. The summed E-state index contributed by atoms with van der Waals surface area (Å²) in [7, 11) is 0. The maximum absolute atomic E-state index is 11.1. The molecular weight excluding hydrogens is 200 g/mol. The Labute approximate surface area is 86.7 Å². The maximum atomic E-state index is 11.1. The molecule has 4 heteroatoms. The predicted molar refractivity (Wildman–Crippen MR) is 54.3 cm³/mol. The smallest absolute Gasteiger partial charge is 0.303 e. The molecular formula is C10H12O3S. The largest absolute Gasteiger partial charge is 0.454 e. The molecule has 0 amide bonds. The lowest BCUT2D eigenvalue weighted by atomic mass is 10.1. The van der Waals surface area contributed by atoms with Crippen LogP contribution in [0, 0.1) is 0 Å². The molecule has 0 fully saturated rings. The van der Waals surface area contributed by atoms with Gasteiger partial charge in [-0.2, -0.15) is 0 Å². The van der Waals surface area contributed by atoms with Crippen molar-refractivity contribution in [3.63, 3.8) is 0 Å². The van der Waals surface area contributed by atoms with Crippen molar-refractivity contribution in [3.8, 4) is 0 Å². The summed E-state index contributed by atoms with van der Waals surface area (Å²) in [5, 5.41) is 1.93. The summed E-state index contributed by atoms with van der Waals surface area (Å²) in [6.07, 6.45) is -0.154. The van der Waals surface area contributed by atoms with Crippen LogP contribution in [0.15, 0.2) is 17.5 Å². The molecule has 14 heavy (non-hydrogen) atoms. The number of hydrogen-bond donors (Lipinski definition) is 0. The number of esters is 1. The molecule has 1 heterocycles. The van der Waals surface area contributed by atoms with Gasteiger partial charge in [-0.05, 0) is 18.4 Å². The Kier molecular flexibility index (Phi) is 3.83. The summed E-state index contributed by atoms with van der Waals surface area (Å²) < 4.78 is 4.90. The van der Waals surface area contributed by atoms with Gasteiger partial charge in [0.25, 0.3) is 0 Å². The first-order valence-corrected chi connectivity index (χ1v) is 5.17. The minimum absolute atomic E-state index is 0.117. The Hall–Kier alpha value is -1.16. The molecule has 0 aliphatic carbocycles. The highest BCUT2D eigenvalue weighted by Gasteiger charge is 2.18. The van der Waals surface area contributed by atoms with Gasteiger partial charge in [0.1, 0.15) is 0 Å². The van der Waals surface area contributed by atoms with Crippen LogP contribution >= 0.6 is 11.3 Å². The van der Waals surface area contributed by atoms with Crippen LogP contribution in [0.25, 0.3) is 0 Å². The zero-order valence-electron chi connectivity index (χ0n) is 8.15. The van der Waals surface area contributed by atoms with E-state index in [0.717, 1.165) is 4.88 Å². The Bertz CT molecular complexity index is 316. The van der Waals surface area contributed by atoms with Gasteiger partial charge in [-0.3, -0.25) is 9.59 Å². The van der Waals surface area contributed by atoms with E-state index in [-0.39, 0.29) is 5.78 Å². The van der Waals surface area contributed by atoms with Crippen LogP contribution < -0.4 is 0 Å². The molecule has 0 saturated carbocycles. The van der Waals surface area contributed by atoms with E-state index in [2.05, 4.69) is 0 Å². The van der Waals surface area contributed by atoms with E-state index < -0.39 is 12.1 Å². The summed E-state index contributed by atoms with van der Waals surface area (Å²) in [4.78, 5) is 22.9. The second kappa shape index (κ2) is 4.91. The fourth-order valence-electron chi connectivity index (χ4n) is 1.08. The summed E-state index contributed by atoms with van der Waals surface area (Å²) in [6, 6.07) is 3.83. The quantitative estimate of drug-likeness (QED) is 0.715. The molecule has 1 unspecified atom stereocenters. The Morgan fingerprint density at radius 1 is 1.50 bits per heavy atom. The van der Waals surface area contributed by atoms with Gasteiger partial charge in [0, 0.05) is 18.2 Å². The average molecular weight is 212 g/mol. The topological polar surface area (TPSA) is 43.4 Å². The monoisotopic (exact) mass is 212 g/mol. The molecule has 0 saturated heterocycles. The van der Waals surface area contributed by atoms with Gasteiger partial charge in [0.15, 0.2) is 11.9 Å². The summed E-state index contributed by atoms with van der Waals surface area (Å²) in [5.41, 5.74) is 0. The van der Waals surface area contributed by atoms with Gasteiger partial charge in [0.2, 0.25) is 0 Å². The molecule has 1 aromatic rings. The van der Waals surface area contributed by atoms with Crippen LogP contribution in [0.4, 0.5) is 0 Å². The molecule has 0 aliphatic rings. The number of hydrogen-bond acceptors (Lipinski definition) is 4. The van der Waals surface area contributed by atoms with E-state index in [1.54, 1.807) is 11.3 Å². The minimum Gasteiger partial charge on any atom is -0.454 e.